The monoisotopic (exact) mass is 388 g/mol. The molecular weight excluding hydrogens is 375 g/mol. The molecule has 2 aromatic carbocycles. The van der Waals surface area contributed by atoms with Crippen LogP contribution in [0.1, 0.15) is 11.8 Å². The highest BCUT2D eigenvalue weighted by atomic mass is 35.5. The Labute approximate surface area is 159 Å². The minimum Gasteiger partial charge on any atom is -0.346 e. The topological polar surface area (TPSA) is 61.2 Å². The third-order valence-electron chi connectivity index (χ3n) is 3.71. The lowest BCUT2D eigenvalue weighted by Gasteiger charge is -2.20. The van der Waals surface area contributed by atoms with Gasteiger partial charge in [-0.2, -0.15) is 0 Å². The van der Waals surface area contributed by atoms with Crippen LogP contribution >= 0.6 is 23.2 Å². The van der Waals surface area contributed by atoms with Gasteiger partial charge in [0.05, 0.1) is 12.3 Å². The molecule has 0 saturated heterocycles. The first-order chi connectivity index (χ1) is 12.6. The summed E-state index contributed by atoms with van der Waals surface area (Å²) >= 11 is 12.1. The number of hydrogen-bond donors (Lipinski definition) is 0. The predicted molar refractivity (Wildman–Crippen MR) is 100 cm³/mol. The predicted octanol–water partition coefficient (Wildman–Crippen LogP) is 4.13. The average Bonchev–Trinajstić information content (AvgIpc) is 2.67. The van der Waals surface area contributed by atoms with Crippen molar-refractivity contribution >= 4 is 29.5 Å². The van der Waals surface area contributed by atoms with Crippen LogP contribution < -0.4 is 5.56 Å². The molecule has 0 amide bonds. The van der Waals surface area contributed by atoms with E-state index in [9.17, 15) is 9.59 Å². The van der Waals surface area contributed by atoms with Crippen molar-refractivity contribution in [2.75, 3.05) is 0 Å². The lowest BCUT2D eigenvalue weighted by Crippen LogP contribution is -2.30. The normalized spacial score (nSPS) is 11.9. The van der Waals surface area contributed by atoms with Crippen molar-refractivity contribution in [3.63, 3.8) is 0 Å². The van der Waals surface area contributed by atoms with E-state index in [1.165, 1.54) is 0 Å². The van der Waals surface area contributed by atoms with Crippen LogP contribution in [0.5, 0.6) is 0 Å². The van der Waals surface area contributed by atoms with Gasteiger partial charge in [-0.05, 0) is 5.56 Å². The second kappa shape index (κ2) is 8.27. The average molecular weight is 389 g/mol. The number of aldehydes is 1. The van der Waals surface area contributed by atoms with Crippen molar-refractivity contribution in [3.05, 3.63) is 86.9 Å². The first kappa shape index (κ1) is 18.3. The number of nitrogens with zero attached hydrogens (tertiary/aromatic N) is 2. The van der Waals surface area contributed by atoms with Crippen molar-refractivity contribution in [1.82, 2.24) is 9.55 Å². The molecule has 1 heterocycles. The van der Waals surface area contributed by atoms with Crippen LogP contribution in [-0.2, 0) is 16.1 Å². The van der Waals surface area contributed by atoms with Crippen molar-refractivity contribution in [3.8, 4) is 11.3 Å². The molecule has 0 N–H and O–H groups in total. The zero-order valence-corrected chi connectivity index (χ0v) is 15.0. The highest BCUT2D eigenvalue weighted by Crippen LogP contribution is 2.28. The highest BCUT2D eigenvalue weighted by Gasteiger charge is 2.23. The summed E-state index contributed by atoms with van der Waals surface area (Å²) in [5, 5.41) is -0.319. The van der Waals surface area contributed by atoms with Gasteiger partial charge in [-0.3, -0.25) is 14.2 Å². The molecule has 0 bridgehead atoms. The minimum atomic E-state index is -1.20. The van der Waals surface area contributed by atoms with Crippen molar-refractivity contribution in [2.45, 2.75) is 12.8 Å². The fourth-order valence-corrected chi connectivity index (χ4v) is 3.02. The quantitative estimate of drug-likeness (QED) is 0.595. The third-order valence-corrected chi connectivity index (χ3v) is 4.22. The Morgan fingerprint density at radius 3 is 2.23 bits per heavy atom. The molecule has 0 saturated carbocycles. The number of hydrogen-bond acceptors (Lipinski definition) is 4. The standard InChI is InChI=1S/C19H14Cl2N2O3/c20-17-16(14-9-5-2-6-10-14)23(19(25)18(21)22-17)15(11-24)26-12-13-7-3-1-4-8-13/h1-11,15H,12H2. The van der Waals surface area contributed by atoms with Gasteiger partial charge in [0.25, 0.3) is 5.56 Å². The van der Waals surface area contributed by atoms with E-state index in [2.05, 4.69) is 4.98 Å². The van der Waals surface area contributed by atoms with Crippen LogP contribution in [0.4, 0.5) is 0 Å². The van der Waals surface area contributed by atoms with E-state index in [0.717, 1.165) is 10.1 Å². The molecule has 1 unspecified atom stereocenters. The number of carbonyl (C=O) groups excluding carboxylic acids is 1. The van der Waals surface area contributed by atoms with Crippen LogP contribution in [0, 0.1) is 0 Å². The first-order valence-electron chi connectivity index (χ1n) is 7.75. The number of ether oxygens (including phenoxy) is 1. The molecule has 7 heteroatoms. The van der Waals surface area contributed by atoms with E-state index in [0.29, 0.717) is 11.8 Å². The molecule has 3 rings (SSSR count). The molecule has 0 aliphatic heterocycles. The van der Waals surface area contributed by atoms with Crippen LogP contribution in [0.2, 0.25) is 10.3 Å². The van der Waals surface area contributed by atoms with Gasteiger partial charge in [-0.15, -0.1) is 0 Å². The molecule has 0 aliphatic rings. The summed E-state index contributed by atoms with van der Waals surface area (Å²) in [5.74, 6) is 0. The molecule has 1 atom stereocenters. The van der Waals surface area contributed by atoms with Gasteiger partial charge in [-0.25, -0.2) is 4.98 Å². The maximum absolute atomic E-state index is 12.6. The summed E-state index contributed by atoms with van der Waals surface area (Å²) in [6, 6.07) is 18.2. The number of aromatic nitrogens is 2. The molecule has 0 fully saturated rings. The van der Waals surface area contributed by atoms with Crippen molar-refractivity contribution in [1.29, 1.82) is 0 Å². The van der Waals surface area contributed by atoms with Gasteiger partial charge in [0.15, 0.2) is 22.8 Å². The Kier molecular flexibility index (Phi) is 5.83. The Balaban J connectivity index is 2.06. The van der Waals surface area contributed by atoms with Crippen molar-refractivity contribution in [2.24, 2.45) is 0 Å². The minimum absolute atomic E-state index is 0.0101. The summed E-state index contributed by atoms with van der Waals surface area (Å²) in [5.41, 5.74) is 1.10. The number of carbonyl (C=O) groups is 1. The SMILES string of the molecule is O=CC(OCc1ccccc1)n1c(-c2ccccc2)c(Cl)nc(Cl)c1=O. The zero-order chi connectivity index (χ0) is 18.5. The van der Waals surface area contributed by atoms with Crippen LogP contribution in [0.15, 0.2) is 65.5 Å². The van der Waals surface area contributed by atoms with Gasteiger partial charge < -0.3 is 4.74 Å². The van der Waals surface area contributed by atoms with E-state index >= 15 is 0 Å². The van der Waals surface area contributed by atoms with Gasteiger partial charge in [0.1, 0.15) is 0 Å². The second-order valence-electron chi connectivity index (χ2n) is 5.41. The molecule has 0 spiro atoms. The zero-order valence-electron chi connectivity index (χ0n) is 13.5. The second-order valence-corrected chi connectivity index (χ2v) is 6.12. The maximum atomic E-state index is 12.6. The number of benzene rings is 2. The third kappa shape index (κ3) is 3.85. The molecule has 132 valence electrons. The molecular formula is C19H14Cl2N2O3. The van der Waals surface area contributed by atoms with E-state index in [-0.39, 0.29) is 22.6 Å². The molecule has 26 heavy (non-hydrogen) atoms. The summed E-state index contributed by atoms with van der Waals surface area (Å²) in [7, 11) is 0. The van der Waals surface area contributed by atoms with Crippen LogP contribution in [0.25, 0.3) is 11.3 Å². The van der Waals surface area contributed by atoms with Crippen LogP contribution in [0.3, 0.4) is 0 Å². The molecule has 0 aliphatic carbocycles. The summed E-state index contributed by atoms with van der Waals surface area (Å²) in [6.07, 6.45) is -0.667. The number of halogens is 2. The molecule has 5 nitrogen and oxygen atoms in total. The van der Waals surface area contributed by atoms with Crippen LogP contribution in [-0.4, -0.2) is 15.8 Å². The summed E-state index contributed by atoms with van der Waals surface area (Å²) in [4.78, 5) is 28.2. The smallest absolute Gasteiger partial charge is 0.291 e. The fraction of sp³-hybridized carbons (Fsp3) is 0.105. The lowest BCUT2D eigenvalue weighted by molar-refractivity contribution is -0.125. The highest BCUT2D eigenvalue weighted by molar-refractivity contribution is 6.33. The van der Waals surface area contributed by atoms with E-state index < -0.39 is 11.8 Å². The van der Waals surface area contributed by atoms with Gasteiger partial charge in [-0.1, -0.05) is 83.9 Å². The van der Waals surface area contributed by atoms with Gasteiger partial charge in [0.2, 0.25) is 0 Å². The Bertz CT molecular complexity index is 960. The van der Waals surface area contributed by atoms with E-state index in [1.807, 2.05) is 36.4 Å². The van der Waals surface area contributed by atoms with E-state index in [4.69, 9.17) is 27.9 Å². The fourth-order valence-electron chi connectivity index (χ4n) is 2.51. The van der Waals surface area contributed by atoms with E-state index in [1.54, 1.807) is 24.3 Å². The van der Waals surface area contributed by atoms with Crippen molar-refractivity contribution < 1.29 is 9.53 Å². The molecule has 1 aromatic heterocycles. The summed E-state index contributed by atoms with van der Waals surface area (Å²) < 4.78 is 6.79. The molecule has 3 aromatic rings. The number of rotatable bonds is 6. The van der Waals surface area contributed by atoms with Gasteiger partial charge in [0, 0.05) is 5.56 Å². The van der Waals surface area contributed by atoms with Gasteiger partial charge >= 0.3 is 0 Å². The first-order valence-corrected chi connectivity index (χ1v) is 8.51. The Morgan fingerprint density at radius 1 is 1.00 bits per heavy atom. The lowest BCUT2D eigenvalue weighted by atomic mass is 10.1. The Morgan fingerprint density at radius 2 is 1.62 bits per heavy atom. The molecule has 0 radical (unpaired) electrons. The Hall–Kier alpha value is -2.47. The maximum Gasteiger partial charge on any atom is 0.291 e. The largest absolute Gasteiger partial charge is 0.346 e. The summed E-state index contributed by atoms with van der Waals surface area (Å²) in [6.45, 7) is 0.141.